The predicted molar refractivity (Wildman–Crippen MR) is 111 cm³/mol. The zero-order valence-electron chi connectivity index (χ0n) is 16.0. The molecule has 3 rings (SSSR count). The molecule has 0 spiro atoms. The Labute approximate surface area is 176 Å². The molecule has 0 saturated carbocycles. The van der Waals surface area contributed by atoms with Gasteiger partial charge in [-0.25, -0.2) is 8.42 Å². The van der Waals surface area contributed by atoms with Gasteiger partial charge < -0.3 is 5.32 Å². The van der Waals surface area contributed by atoms with Gasteiger partial charge in [0.15, 0.2) is 0 Å². The number of para-hydroxylation sites is 1. The molecule has 11 heteroatoms. The molecule has 0 unspecified atom stereocenters. The summed E-state index contributed by atoms with van der Waals surface area (Å²) in [6.07, 6.45) is 0. The summed E-state index contributed by atoms with van der Waals surface area (Å²) in [7, 11) is -4.40. The van der Waals surface area contributed by atoms with Crippen molar-refractivity contribution in [3.8, 4) is 0 Å². The third-order valence-electron chi connectivity index (χ3n) is 4.44. The molecule has 3 aromatic carbocycles. The number of benzene rings is 3. The van der Waals surface area contributed by atoms with Crippen LogP contribution in [0.3, 0.4) is 0 Å². The Balaban J connectivity index is 2.04. The number of anilines is 1. The van der Waals surface area contributed by atoms with Gasteiger partial charge in [-0.3, -0.25) is 25.0 Å². The van der Waals surface area contributed by atoms with Gasteiger partial charge in [0, 0.05) is 23.9 Å². The second-order valence-corrected chi connectivity index (χ2v) is 8.32. The quantitative estimate of drug-likeness (QED) is 0.450. The fraction of sp³-hybridized carbons (Fsp3) is 0.0500. The number of nitrogens with one attached hydrogen (secondary N) is 1. The second-order valence-electron chi connectivity index (χ2n) is 6.43. The van der Waals surface area contributed by atoms with Crippen LogP contribution in [0.15, 0.2) is 76.5 Å². The summed E-state index contributed by atoms with van der Waals surface area (Å²) in [4.78, 5) is 32.7. The summed E-state index contributed by atoms with van der Waals surface area (Å²) in [6.45, 7) is 1.55. The van der Waals surface area contributed by atoms with Crippen LogP contribution < -0.4 is 5.32 Å². The van der Waals surface area contributed by atoms with E-state index in [1.165, 1.54) is 54.6 Å². The average molecular weight is 441 g/mol. The number of non-ortho nitro benzene ring substituents is 1. The lowest BCUT2D eigenvalue weighted by atomic mass is 10.1. The summed E-state index contributed by atoms with van der Waals surface area (Å²) in [5, 5.41) is 24.7. The van der Waals surface area contributed by atoms with Crippen molar-refractivity contribution < 1.29 is 23.1 Å². The molecule has 3 aromatic rings. The number of hydrogen-bond donors (Lipinski definition) is 1. The van der Waals surface area contributed by atoms with Crippen LogP contribution in [0.25, 0.3) is 0 Å². The van der Waals surface area contributed by atoms with Crippen LogP contribution in [0, 0.1) is 27.2 Å². The van der Waals surface area contributed by atoms with Crippen molar-refractivity contribution in [3.05, 3.63) is 98.1 Å². The molecule has 0 radical (unpaired) electrons. The zero-order chi connectivity index (χ0) is 22.8. The summed E-state index contributed by atoms with van der Waals surface area (Å²) >= 11 is 0. The number of nitro benzene ring substituents is 2. The number of carbonyl (C=O) groups excluding carboxylic acids is 1. The molecule has 0 aromatic heterocycles. The lowest BCUT2D eigenvalue weighted by Gasteiger charge is -2.12. The Morgan fingerprint density at radius 1 is 0.871 bits per heavy atom. The Morgan fingerprint density at radius 2 is 1.48 bits per heavy atom. The topological polar surface area (TPSA) is 150 Å². The summed E-state index contributed by atoms with van der Waals surface area (Å²) < 4.78 is 26.3. The van der Waals surface area contributed by atoms with Crippen LogP contribution in [0.5, 0.6) is 0 Å². The Morgan fingerprint density at radius 3 is 2.10 bits per heavy atom. The average Bonchev–Trinajstić information content (AvgIpc) is 2.74. The van der Waals surface area contributed by atoms with Gasteiger partial charge in [0.1, 0.15) is 4.90 Å². The van der Waals surface area contributed by atoms with Crippen molar-refractivity contribution in [1.82, 2.24) is 0 Å². The van der Waals surface area contributed by atoms with E-state index < -0.39 is 41.1 Å². The van der Waals surface area contributed by atoms with E-state index in [2.05, 4.69) is 5.32 Å². The van der Waals surface area contributed by atoms with Crippen LogP contribution in [-0.4, -0.2) is 24.2 Å². The highest BCUT2D eigenvalue weighted by molar-refractivity contribution is 7.91. The maximum atomic E-state index is 13.2. The number of sulfone groups is 1. The van der Waals surface area contributed by atoms with E-state index in [1.807, 2.05) is 0 Å². The monoisotopic (exact) mass is 441 g/mol. The fourth-order valence-electron chi connectivity index (χ4n) is 2.93. The highest BCUT2D eigenvalue weighted by atomic mass is 32.2. The third kappa shape index (κ3) is 4.26. The van der Waals surface area contributed by atoms with Gasteiger partial charge in [-0.05, 0) is 36.8 Å². The van der Waals surface area contributed by atoms with Gasteiger partial charge in [-0.2, -0.15) is 0 Å². The minimum absolute atomic E-state index is 0.158. The molecule has 0 aliphatic carbocycles. The Bertz CT molecular complexity index is 1320. The molecule has 31 heavy (non-hydrogen) atoms. The molecule has 0 heterocycles. The number of hydrogen-bond acceptors (Lipinski definition) is 7. The molecule has 0 aliphatic heterocycles. The number of aryl methyl sites for hydroxylation is 1. The van der Waals surface area contributed by atoms with Gasteiger partial charge in [-0.1, -0.05) is 24.3 Å². The molecule has 10 nitrogen and oxygen atoms in total. The van der Waals surface area contributed by atoms with Gasteiger partial charge in [-0.15, -0.1) is 0 Å². The molecular formula is C20H15N3O7S. The Hall–Kier alpha value is -4.12. The van der Waals surface area contributed by atoms with E-state index in [4.69, 9.17) is 0 Å². The largest absolute Gasteiger partial charge is 0.322 e. The van der Waals surface area contributed by atoms with Crippen LogP contribution in [-0.2, 0) is 9.84 Å². The number of nitro groups is 2. The standard InChI is InChI=1S/C20H15N3O7S/c1-13-12-14(22(25)26)10-11-16(13)21-20(24)15-6-2-4-8-18(15)31(29,30)19-9-5-3-7-17(19)23(27)28/h2-12H,1H3,(H,21,24). The first kappa shape index (κ1) is 21.6. The van der Waals surface area contributed by atoms with Crippen molar-refractivity contribution in [3.63, 3.8) is 0 Å². The van der Waals surface area contributed by atoms with Crippen molar-refractivity contribution in [1.29, 1.82) is 0 Å². The van der Waals surface area contributed by atoms with E-state index in [9.17, 15) is 33.4 Å². The molecule has 0 fully saturated rings. The van der Waals surface area contributed by atoms with Crippen molar-refractivity contribution in [2.45, 2.75) is 16.7 Å². The van der Waals surface area contributed by atoms with Gasteiger partial charge in [0.25, 0.3) is 17.3 Å². The molecule has 1 amide bonds. The van der Waals surface area contributed by atoms with Gasteiger partial charge >= 0.3 is 0 Å². The summed E-state index contributed by atoms with van der Waals surface area (Å²) in [5.74, 6) is -0.783. The molecule has 158 valence electrons. The van der Waals surface area contributed by atoms with Crippen LogP contribution >= 0.6 is 0 Å². The maximum Gasteiger partial charge on any atom is 0.288 e. The number of carbonyl (C=O) groups is 1. The molecule has 0 aliphatic rings. The third-order valence-corrected chi connectivity index (χ3v) is 6.30. The fourth-order valence-corrected chi connectivity index (χ4v) is 4.55. The maximum absolute atomic E-state index is 13.2. The van der Waals surface area contributed by atoms with Crippen molar-refractivity contribution in [2.24, 2.45) is 0 Å². The number of rotatable bonds is 6. The predicted octanol–water partition coefficient (Wildman–Crippen LogP) is 3.90. The smallest absolute Gasteiger partial charge is 0.288 e. The van der Waals surface area contributed by atoms with Crippen molar-refractivity contribution >= 4 is 32.8 Å². The normalized spacial score (nSPS) is 11.0. The highest BCUT2D eigenvalue weighted by Gasteiger charge is 2.30. The van der Waals surface area contributed by atoms with E-state index >= 15 is 0 Å². The van der Waals surface area contributed by atoms with E-state index in [0.29, 0.717) is 5.56 Å². The summed E-state index contributed by atoms with van der Waals surface area (Å²) in [6, 6.07) is 14.0. The molecule has 1 N–H and O–H groups in total. The van der Waals surface area contributed by atoms with E-state index in [-0.39, 0.29) is 16.9 Å². The Kier molecular flexibility index (Phi) is 5.79. The number of amides is 1. The van der Waals surface area contributed by atoms with Crippen LogP contribution in [0.1, 0.15) is 15.9 Å². The van der Waals surface area contributed by atoms with Crippen LogP contribution in [0.2, 0.25) is 0 Å². The van der Waals surface area contributed by atoms with Gasteiger partial charge in [0.2, 0.25) is 9.84 Å². The minimum Gasteiger partial charge on any atom is -0.322 e. The zero-order valence-corrected chi connectivity index (χ0v) is 16.8. The van der Waals surface area contributed by atoms with E-state index in [1.54, 1.807) is 6.92 Å². The molecule has 0 saturated heterocycles. The lowest BCUT2D eigenvalue weighted by Crippen LogP contribution is -2.17. The SMILES string of the molecule is Cc1cc([N+](=O)[O-])ccc1NC(=O)c1ccccc1S(=O)(=O)c1ccccc1[N+](=O)[O-]. The lowest BCUT2D eigenvalue weighted by molar-refractivity contribution is -0.387. The van der Waals surface area contributed by atoms with Crippen molar-refractivity contribution in [2.75, 3.05) is 5.32 Å². The van der Waals surface area contributed by atoms with Crippen LogP contribution in [0.4, 0.5) is 17.1 Å². The van der Waals surface area contributed by atoms with Gasteiger partial charge in [0.05, 0.1) is 20.3 Å². The second kappa shape index (κ2) is 8.32. The minimum atomic E-state index is -4.40. The first-order valence-electron chi connectivity index (χ1n) is 8.77. The summed E-state index contributed by atoms with van der Waals surface area (Å²) in [5.41, 5.74) is -0.327. The first-order valence-corrected chi connectivity index (χ1v) is 10.2. The molecule has 0 atom stereocenters. The molecular weight excluding hydrogens is 426 g/mol. The highest BCUT2D eigenvalue weighted by Crippen LogP contribution is 2.31. The molecule has 0 bridgehead atoms. The first-order chi connectivity index (χ1) is 14.6. The number of nitrogens with zero attached hydrogens (tertiary/aromatic N) is 2. The van der Waals surface area contributed by atoms with E-state index in [0.717, 1.165) is 12.1 Å².